The first-order chi connectivity index (χ1) is 9.10. The van der Waals surface area contributed by atoms with E-state index in [1.165, 1.54) is 24.9 Å². The van der Waals surface area contributed by atoms with Crippen molar-refractivity contribution in [1.29, 1.82) is 0 Å². The van der Waals surface area contributed by atoms with Gasteiger partial charge < -0.3 is 9.15 Å². The number of hydrogen-bond acceptors (Lipinski definition) is 5. The highest BCUT2D eigenvalue weighted by molar-refractivity contribution is 7.15. The van der Waals surface area contributed by atoms with Gasteiger partial charge in [0.05, 0.1) is 12.1 Å². The summed E-state index contributed by atoms with van der Waals surface area (Å²) in [5.74, 6) is 2.52. The fourth-order valence-electron chi connectivity index (χ4n) is 2.22. The predicted octanol–water partition coefficient (Wildman–Crippen LogP) is 3.62. The van der Waals surface area contributed by atoms with Crippen LogP contribution in [-0.4, -0.2) is 18.1 Å². The highest BCUT2D eigenvalue weighted by Crippen LogP contribution is 2.48. The Kier molecular flexibility index (Phi) is 2.93. The van der Waals surface area contributed by atoms with E-state index in [0.29, 0.717) is 23.3 Å². The quantitative estimate of drug-likeness (QED) is 0.804. The topological polar surface area (TPSA) is 52.3 Å². The summed E-state index contributed by atoms with van der Waals surface area (Å²) in [6.45, 7) is 4.08. The van der Waals surface area contributed by atoms with Crippen molar-refractivity contribution in [3.8, 4) is 10.6 Å². The number of aromatic nitrogens is 1. The monoisotopic (exact) mass is 277 g/mol. The summed E-state index contributed by atoms with van der Waals surface area (Å²) in [5.41, 5.74) is 0.342. The number of hydrogen-bond donors (Lipinski definition) is 0. The van der Waals surface area contributed by atoms with Gasteiger partial charge in [0.25, 0.3) is 0 Å². The summed E-state index contributed by atoms with van der Waals surface area (Å²) >= 11 is 1.45. The highest BCUT2D eigenvalue weighted by atomic mass is 32.1. The minimum Gasteiger partial charge on any atom is -0.464 e. The molecule has 2 aromatic rings. The Labute approximate surface area is 115 Å². The average molecular weight is 277 g/mol. The minimum absolute atomic E-state index is 0.342. The molecule has 19 heavy (non-hydrogen) atoms. The lowest BCUT2D eigenvalue weighted by molar-refractivity contribution is 0.0595. The van der Waals surface area contributed by atoms with E-state index in [-0.39, 0.29) is 0 Å². The van der Waals surface area contributed by atoms with Gasteiger partial charge in [-0.1, -0.05) is 6.92 Å². The maximum Gasteiger partial charge on any atom is 0.358 e. The number of carbonyl (C=O) groups excluding carboxylic acids is 1. The third-order valence-electron chi connectivity index (χ3n) is 3.44. The fourth-order valence-corrected chi connectivity index (χ4v) is 3.09. The number of carbonyl (C=O) groups is 1. The van der Waals surface area contributed by atoms with E-state index in [1.807, 2.05) is 19.1 Å². The fraction of sp³-hybridized carbons (Fsp3) is 0.429. The van der Waals surface area contributed by atoms with Gasteiger partial charge in [0.2, 0.25) is 0 Å². The molecular formula is C14H15NO3S. The van der Waals surface area contributed by atoms with Crippen molar-refractivity contribution in [3.05, 3.63) is 28.6 Å². The minimum atomic E-state index is -0.419. The van der Waals surface area contributed by atoms with E-state index in [1.54, 1.807) is 0 Å². The van der Waals surface area contributed by atoms with Gasteiger partial charge in [-0.3, -0.25) is 0 Å². The molecule has 0 saturated heterocycles. The molecule has 0 bridgehead atoms. The third kappa shape index (κ3) is 2.18. The molecule has 2 unspecified atom stereocenters. The molecule has 3 rings (SSSR count). The summed E-state index contributed by atoms with van der Waals surface area (Å²) in [6.07, 6.45) is 1.18. The summed E-state index contributed by atoms with van der Waals surface area (Å²) in [7, 11) is 1.36. The van der Waals surface area contributed by atoms with Gasteiger partial charge in [-0.15, -0.1) is 11.3 Å². The maximum absolute atomic E-state index is 11.7. The molecule has 0 radical (unpaired) electrons. The van der Waals surface area contributed by atoms with Gasteiger partial charge in [-0.25, -0.2) is 9.78 Å². The number of ether oxygens (including phenoxy) is 1. The van der Waals surface area contributed by atoms with Crippen molar-refractivity contribution in [2.45, 2.75) is 26.2 Å². The van der Waals surface area contributed by atoms with E-state index in [2.05, 4.69) is 11.9 Å². The summed E-state index contributed by atoms with van der Waals surface area (Å²) in [4.78, 5) is 16.7. The predicted molar refractivity (Wildman–Crippen MR) is 72.4 cm³/mol. The first-order valence-corrected chi connectivity index (χ1v) is 7.07. The van der Waals surface area contributed by atoms with Crippen molar-refractivity contribution < 1.29 is 13.9 Å². The SMILES string of the molecule is COC(=O)c1nc(C)sc1-c1ccc(C2CC2C)o1. The molecular weight excluding hydrogens is 262 g/mol. The van der Waals surface area contributed by atoms with Crippen LogP contribution in [0.4, 0.5) is 0 Å². The Morgan fingerprint density at radius 1 is 1.53 bits per heavy atom. The Bertz CT molecular complexity index is 628. The molecule has 2 atom stereocenters. The Balaban J connectivity index is 1.97. The number of thiazole rings is 1. The van der Waals surface area contributed by atoms with E-state index < -0.39 is 5.97 Å². The van der Waals surface area contributed by atoms with Crippen LogP contribution < -0.4 is 0 Å². The number of nitrogens with zero attached hydrogens (tertiary/aromatic N) is 1. The maximum atomic E-state index is 11.7. The number of aryl methyl sites for hydroxylation is 1. The van der Waals surface area contributed by atoms with Gasteiger partial charge >= 0.3 is 5.97 Å². The van der Waals surface area contributed by atoms with Crippen molar-refractivity contribution in [2.24, 2.45) is 5.92 Å². The van der Waals surface area contributed by atoms with Gasteiger partial charge in [-0.05, 0) is 31.4 Å². The lowest BCUT2D eigenvalue weighted by Gasteiger charge is -1.97. The van der Waals surface area contributed by atoms with Crippen LogP contribution in [-0.2, 0) is 4.74 Å². The Hall–Kier alpha value is -1.62. The van der Waals surface area contributed by atoms with Gasteiger partial charge in [0, 0.05) is 5.92 Å². The molecule has 2 heterocycles. The zero-order chi connectivity index (χ0) is 13.6. The summed E-state index contributed by atoms with van der Waals surface area (Å²) < 4.78 is 10.6. The molecule has 4 nitrogen and oxygen atoms in total. The molecule has 0 aromatic carbocycles. The number of furan rings is 1. The number of rotatable bonds is 3. The molecule has 2 aromatic heterocycles. The largest absolute Gasteiger partial charge is 0.464 e. The number of methoxy groups -OCH3 is 1. The van der Waals surface area contributed by atoms with Crippen LogP contribution in [0.1, 0.15) is 40.5 Å². The molecule has 0 amide bonds. The van der Waals surface area contributed by atoms with Crippen LogP contribution in [0.5, 0.6) is 0 Å². The molecule has 1 saturated carbocycles. The van der Waals surface area contributed by atoms with E-state index in [9.17, 15) is 4.79 Å². The van der Waals surface area contributed by atoms with E-state index in [0.717, 1.165) is 15.6 Å². The van der Waals surface area contributed by atoms with Crippen LogP contribution in [0.3, 0.4) is 0 Å². The zero-order valence-corrected chi connectivity index (χ0v) is 11.9. The molecule has 1 fully saturated rings. The molecule has 0 spiro atoms. The smallest absolute Gasteiger partial charge is 0.358 e. The van der Waals surface area contributed by atoms with Crippen LogP contribution in [0.2, 0.25) is 0 Å². The van der Waals surface area contributed by atoms with E-state index >= 15 is 0 Å². The van der Waals surface area contributed by atoms with Gasteiger partial charge in [0.1, 0.15) is 16.4 Å². The summed E-state index contributed by atoms with van der Waals surface area (Å²) in [6, 6.07) is 3.92. The van der Waals surface area contributed by atoms with Crippen molar-refractivity contribution in [3.63, 3.8) is 0 Å². The third-order valence-corrected chi connectivity index (χ3v) is 4.42. The first kappa shape index (κ1) is 12.4. The van der Waals surface area contributed by atoms with Gasteiger partial charge in [-0.2, -0.15) is 0 Å². The Morgan fingerprint density at radius 2 is 2.26 bits per heavy atom. The average Bonchev–Trinajstić information content (AvgIpc) is 2.83. The standard InChI is InChI=1S/C14H15NO3S/c1-7-6-9(7)10-4-5-11(18-10)13-12(14(16)17-3)15-8(2)19-13/h4-5,7,9H,6H2,1-3H3. The molecule has 100 valence electrons. The molecule has 0 N–H and O–H groups in total. The van der Waals surface area contributed by atoms with Crippen molar-refractivity contribution in [1.82, 2.24) is 4.98 Å². The second-order valence-corrected chi connectivity index (χ2v) is 6.13. The second-order valence-electron chi connectivity index (χ2n) is 4.92. The van der Waals surface area contributed by atoms with Crippen molar-refractivity contribution >= 4 is 17.3 Å². The highest BCUT2D eigenvalue weighted by Gasteiger charge is 2.37. The van der Waals surface area contributed by atoms with Crippen LogP contribution in [0.25, 0.3) is 10.6 Å². The number of esters is 1. The first-order valence-electron chi connectivity index (χ1n) is 6.26. The summed E-state index contributed by atoms with van der Waals surface area (Å²) in [5, 5.41) is 0.827. The van der Waals surface area contributed by atoms with Crippen LogP contribution >= 0.6 is 11.3 Å². The molecule has 1 aliphatic carbocycles. The molecule has 1 aliphatic rings. The van der Waals surface area contributed by atoms with Crippen molar-refractivity contribution in [2.75, 3.05) is 7.11 Å². The second kappa shape index (κ2) is 4.49. The van der Waals surface area contributed by atoms with Crippen LogP contribution in [0.15, 0.2) is 16.5 Å². The molecule has 5 heteroatoms. The van der Waals surface area contributed by atoms with Crippen LogP contribution in [0, 0.1) is 12.8 Å². The lowest BCUT2D eigenvalue weighted by Crippen LogP contribution is -2.03. The van der Waals surface area contributed by atoms with E-state index in [4.69, 9.17) is 9.15 Å². The lowest BCUT2D eigenvalue weighted by atomic mass is 10.2. The molecule has 0 aliphatic heterocycles. The normalized spacial score (nSPS) is 21.4. The Morgan fingerprint density at radius 3 is 2.89 bits per heavy atom. The zero-order valence-electron chi connectivity index (χ0n) is 11.1. The van der Waals surface area contributed by atoms with Gasteiger partial charge in [0.15, 0.2) is 5.69 Å².